The lowest BCUT2D eigenvalue weighted by atomic mass is 9.80. The van der Waals surface area contributed by atoms with Gasteiger partial charge in [-0.15, -0.1) is 0 Å². The Morgan fingerprint density at radius 2 is 2.27 bits per heavy atom. The quantitative estimate of drug-likeness (QED) is 0.610. The van der Waals surface area contributed by atoms with E-state index in [1.165, 1.54) is 5.57 Å². The molecule has 0 saturated heterocycles. The van der Waals surface area contributed by atoms with E-state index in [0.29, 0.717) is 11.8 Å². The van der Waals surface area contributed by atoms with E-state index < -0.39 is 0 Å². The average molecular weight is 152 g/mol. The largest absolute Gasteiger partial charge is 0.389 e. The van der Waals surface area contributed by atoms with Crippen molar-refractivity contribution in [2.45, 2.75) is 26.4 Å². The van der Waals surface area contributed by atoms with Gasteiger partial charge in [-0.2, -0.15) is 0 Å². The standard InChI is InChI=1S/C10H16O/c1-4-9-5-7(2)8(3)10(11)6-9/h4,6-8,10-11H,1,5H2,2-3H3. The van der Waals surface area contributed by atoms with Gasteiger partial charge in [-0.3, -0.25) is 0 Å². The van der Waals surface area contributed by atoms with Crippen LogP contribution in [0, 0.1) is 11.8 Å². The molecule has 0 heterocycles. The number of rotatable bonds is 1. The predicted octanol–water partition coefficient (Wildman–Crippen LogP) is 2.14. The highest BCUT2D eigenvalue weighted by Crippen LogP contribution is 2.29. The molecule has 0 amide bonds. The maximum atomic E-state index is 9.53. The molecule has 0 aromatic rings. The van der Waals surface area contributed by atoms with Crippen molar-refractivity contribution in [2.75, 3.05) is 0 Å². The molecule has 1 N–H and O–H groups in total. The van der Waals surface area contributed by atoms with E-state index in [2.05, 4.69) is 20.4 Å². The second kappa shape index (κ2) is 3.22. The molecule has 0 aromatic heterocycles. The summed E-state index contributed by atoms with van der Waals surface area (Å²) in [5.41, 5.74) is 1.18. The summed E-state index contributed by atoms with van der Waals surface area (Å²) < 4.78 is 0. The minimum absolute atomic E-state index is 0.272. The summed E-state index contributed by atoms with van der Waals surface area (Å²) in [4.78, 5) is 0. The van der Waals surface area contributed by atoms with Crippen LogP contribution in [0.15, 0.2) is 24.3 Å². The molecule has 0 fully saturated rings. The molecule has 3 atom stereocenters. The van der Waals surface area contributed by atoms with Gasteiger partial charge in [-0.25, -0.2) is 0 Å². The molecule has 1 nitrogen and oxygen atoms in total. The number of aliphatic hydroxyl groups excluding tert-OH is 1. The summed E-state index contributed by atoms with van der Waals surface area (Å²) in [6, 6.07) is 0. The second-order valence-electron chi connectivity index (χ2n) is 3.48. The molecular weight excluding hydrogens is 136 g/mol. The van der Waals surface area contributed by atoms with E-state index in [-0.39, 0.29) is 6.10 Å². The highest BCUT2D eigenvalue weighted by atomic mass is 16.3. The van der Waals surface area contributed by atoms with Crippen LogP contribution >= 0.6 is 0 Å². The fourth-order valence-electron chi connectivity index (χ4n) is 1.48. The summed E-state index contributed by atoms with van der Waals surface area (Å²) in [6.07, 6.45) is 4.54. The molecule has 0 aromatic carbocycles. The van der Waals surface area contributed by atoms with Gasteiger partial charge in [0.1, 0.15) is 0 Å². The monoisotopic (exact) mass is 152 g/mol. The van der Waals surface area contributed by atoms with Gasteiger partial charge in [0.05, 0.1) is 6.10 Å². The lowest BCUT2D eigenvalue weighted by Crippen LogP contribution is -2.26. The van der Waals surface area contributed by atoms with Crippen LogP contribution in [-0.4, -0.2) is 11.2 Å². The molecule has 1 aliphatic rings. The predicted molar refractivity (Wildman–Crippen MR) is 47.2 cm³/mol. The number of aliphatic hydroxyl groups is 1. The Balaban J connectivity index is 2.75. The lowest BCUT2D eigenvalue weighted by Gasteiger charge is -2.28. The van der Waals surface area contributed by atoms with Crippen LogP contribution in [0.25, 0.3) is 0 Å². The molecular formula is C10H16O. The highest BCUT2D eigenvalue weighted by Gasteiger charge is 2.23. The Morgan fingerprint density at radius 3 is 2.73 bits per heavy atom. The molecule has 62 valence electrons. The van der Waals surface area contributed by atoms with E-state index in [9.17, 15) is 5.11 Å². The van der Waals surface area contributed by atoms with Gasteiger partial charge in [-0.1, -0.05) is 32.6 Å². The van der Waals surface area contributed by atoms with Crippen molar-refractivity contribution in [3.63, 3.8) is 0 Å². The van der Waals surface area contributed by atoms with E-state index in [4.69, 9.17) is 0 Å². The van der Waals surface area contributed by atoms with E-state index in [1.54, 1.807) is 0 Å². The fraction of sp³-hybridized carbons (Fsp3) is 0.600. The molecule has 1 rings (SSSR count). The summed E-state index contributed by atoms with van der Waals surface area (Å²) >= 11 is 0. The molecule has 0 bridgehead atoms. The van der Waals surface area contributed by atoms with E-state index >= 15 is 0 Å². The normalized spacial score (nSPS) is 38.1. The van der Waals surface area contributed by atoms with Crippen LogP contribution in [0.5, 0.6) is 0 Å². The number of hydrogen-bond acceptors (Lipinski definition) is 1. The minimum atomic E-state index is -0.272. The van der Waals surface area contributed by atoms with E-state index in [1.807, 2.05) is 12.2 Å². The van der Waals surface area contributed by atoms with Crippen LogP contribution in [-0.2, 0) is 0 Å². The first-order chi connectivity index (χ1) is 5.15. The van der Waals surface area contributed by atoms with Crippen LogP contribution in [0.3, 0.4) is 0 Å². The Labute approximate surface area is 68.4 Å². The van der Waals surface area contributed by atoms with Crippen molar-refractivity contribution in [3.8, 4) is 0 Å². The third-order valence-corrected chi connectivity index (χ3v) is 2.64. The fourth-order valence-corrected chi connectivity index (χ4v) is 1.48. The number of allylic oxidation sites excluding steroid dienone is 2. The third kappa shape index (κ3) is 1.72. The van der Waals surface area contributed by atoms with E-state index in [0.717, 1.165) is 6.42 Å². The molecule has 0 spiro atoms. The summed E-state index contributed by atoms with van der Waals surface area (Å²) in [5.74, 6) is 0.960. The molecule has 11 heavy (non-hydrogen) atoms. The van der Waals surface area contributed by atoms with Crippen LogP contribution in [0.2, 0.25) is 0 Å². The van der Waals surface area contributed by atoms with Crippen molar-refractivity contribution in [1.29, 1.82) is 0 Å². The van der Waals surface area contributed by atoms with Crippen LogP contribution in [0.1, 0.15) is 20.3 Å². The molecule has 1 aliphatic carbocycles. The Morgan fingerprint density at radius 1 is 1.64 bits per heavy atom. The maximum Gasteiger partial charge on any atom is 0.0754 e. The van der Waals surface area contributed by atoms with Gasteiger partial charge in [0.15, 0.2) is 0 Å². The van der Waals surface area contributed by atoms with Gasteiger partial charge in [0.2, 0.25) is 0 Å². The molecule has 1 heteroatoms. The zero-order chi connectivity index (χ0) is 8.43. The Kier molecular flexibility index (Phi) is 2.50. The summed E-state index contributed by atoms with van der Waals surface area (Å²) in [5, 5.41) is 9.53. The average Bonchev–Trinajstić information content (AvgIpc) is 1.99. The Bertz CT molecular complexity index is 181. The summed E-state index contributed by atoms with van der Waals surface area (Å²) in [7, 11) is 0. The SMILES string of the molecule is C=CC1=CC(O)C(C)C(C)C1. The zero-order valence-corrected chi connectivity index (χ0v) is 7.25. The van der Waals surface area contributed by atoms with Crippen molar-refractivity contribution < 1.29 is 5.11 Å². The lowest BCUT2D eigenvalue weighted by molar-refractivity contribution is 0.118. The Hall–Kier alpha value is -0.560. The summed E-state index contributed by atoms with van der Waals surface area (Å²) in [6.45, 7) is 7.96. The third-order valence-electron chi connectivity index (χ3n) is 2.64. The van der Waals surface area contributed by atoms with Gasteiger partial charge < -0.3 is 5.11 Å². The molecule has 0 saturated carbocycles. The molecule has 0 radical (unpaired) electrons. The molecule has 3 unspecified atom stereocenters. The maximum absolute atomic E-state index is 9.53. The van der Waals surface area contributed by atoms with Crippen molar-refractivity contribution in [3.05, 3.63) is 24.3 Å². The smallest absolute Gasteiger partial charge is 0.0754 e. The van der Waals surface area contributed by atoms with Gasteiger partial charge in [-0.05, 0) is 23.8 Å². The second-order valence-corrected chi connectivity index (χ2v) is 3.48. The van der Waals surface area contributed by atoms with Gasteiger partial charge in [0.25, 0.3) is 0 Å². The van der Waals surface area contributed by atoms with Crippen molar-refractivity contribution in [2.24, 2.45) is 11.8 Å². The highest BCUT2D eigenvalue weighted by molar-refractivity contribution is 5.21. The van der Waals surface area contributed by atoms with Gasteiger partial charge >= 0.3 is 0 Å². The molecule has 0 aliphatic heterocycles. The number of hydrogen-bond donors (Lipinski definition) is 1. The van der Waals surface area contributed by atoms with Crippen LogP contribution < -0.4 is 0 Å². The minimum Gasteiger partial charge on any atom is -0.389 e. The topological polar surface area (TPSA) is 20.2 Å². The van der Waals surface area contributed by atoms with Gasteiger partial charge in [0, 0.05) is 0 Å². The first-order valence-electron chi connectivity index (χ1n) is 4.16. The first kappa shape index (κ1) is 8.54. The van der Waals surface area contributed by atoms with Crippen molar-refractivity contribution >= 4 is 0 Å². The van der Waals surface area contributed by atoms with Crippen LogP contribution in [0.4, 0.5) is 0 Å². The zero-order valence-electron chi connectivity index (χ0n) is 7.25. The van der Waals surface area contributed by atoms with Crippen molar-refractivity contribution in [1.82, 2.24) is 0 Å². The first-order valence-corrected chi connectivity index (χ1v) is 4.16.